The van der Waals surface area contributed by atoms with Crippen molar-refractivity contribution in [3.63, 3.8) is 0 Å². The Kier molecular flexibility index (Phi) is 14.5. The number of hydrogen-bond donors (Lipinski definition) is 6. The highest BCUT2D eigenvalue weighted by Crippen LogP contribution is 2.09. The van der Waals surface area contributed by atoms with Gasteiger partial charge >= 0.3 is 0 Å². The number of nitrogen functional groups attached to an aromatic ring is 1. The predicted octanol–water partition coefficient (Wildman–Crippen LogP) is -0.372. The van der Waals surface area contributed by atoms with Crippen LogP contribution in [0.25, 0.3) is 0 Å². The molecule has 0 spiro atoms. The molecule has 0 heterocycles. The zero-order valence-corrected chi connectivity index (χ0v) is 10.8. The first-order valence-corrected chi connectivity index (χ1v) is 5.73. The lowest BCUT2D eigenvalue weighted by Gasteiger charge is -1.98. The van der Waals surface area contributed by atoms with Crippen LogP contribution in [0.5, 0.6) is 5.75 Å². The molecule has 0 aromatic heterocycles. The third-order valence-electron chi connectivity index (χ3n) is 1.78. The molecule has 0 aliphatic carbocycles. The van der Waals surface area contributed by atoms with Gasteiger partial charge in [-0.05, 0) is 30.7 Å². The number of aliphatic hydroxyl groups is 2. The second kappa shape index (κ2) is 13.7. The summed E-state index contributed by atoms with van der Waals surface area (Å²) in [7, 11) is 0. The van der Waals surface area contributed by atoms with E-state index in [9.17, 15) is 0 Å². The van der Waals surface area contributed by atoms with Gasteiger partial charge in [-0.3, -0.25) is 0 Å². The molecule has 1 unspecified atom stereocenters. The highest BCUT2D eigenvalue weighted by atomic mass is 16.3. The molecule has 1 rings (SSSR count). The summed E-state index contributed by atoms with van der Waals surface area (Å²) < 4.78 is 0. The van der Waals surface area contributed by atoms with Crippen LogP contribution < -0.4 is 17.2 Å². The lowest BCUT2D eigenvalue weighted by Crippen LogP contribution is -2.22. The maximum Gasteiger partial charge on any atom is 0.115 e. The molecule has 0 fully saturated rings. The Morgan fingerprint density at radius 1 is 1.17 bits per heavy atom. The predicted molar refractivity (Wildman–Crippen MR) is 74.0 cm³/mol. The van der Waals surface area contributed by atoms with E-state index in [4.69, 9.17) is 32.5 Å². The van der Waals surface area contributed by atoms with Gasteiger partial charge in [0.15, 0.2) is 0 Å². The van der Waals surface area contributed by atoms with Crippen LogP contribution in [0.4, 0.5) is 5.69 Å². The summed E-state index contributed by atoms with van der Waals surface area (Å²) in [5, 5.41) is 24.7. The molecule has 18 heavy (non-hydrogen) atoms. The topological polar surface area (TPSA) is 139 Å². The average molecular weight is 259 g/mol. The van der Waals surface area contributed by atoms with Crippen LogP contribution >= 0.6 is 0 Å². The van der Waals surface area contributed by atoms with Gasteiger partial charge in [-0.1, -0.05) is 6.92 Å². The molecule has 0 aliphatic rings. The molecule has 0 amide bonds. The van der Waals surface area contributed by atoms with Crippen molar-refractivity contribution in [3.8, 4) is 5.75 Å². The molecule has 0 bridgehead atoms. The lowest BCUT2D eigenvalue weighted by atomic mass is 10.3. The molecule has 1 aromatic carbocycles. The summed E-state index contributed by atoms with van der Waals surface area (Å²) in [5.74, 6) is 0.249. The number of aromatic hydroxyl groups is 1. The summed E-state index contributed by atoms with van der Waals surface area (Å²) in [4.78, 5) is 0. The molecule has 9 N–H and O–H groups in total. The molecule has 0 aliphatic heterocycles. The minimum absolute atomic E-state index is 0.00926. The second-order valence-electron chi connectivity index (χ2n) is 3.45. The first-order valence-electron chi connectivity index (χ1n) is 5.73. The summed E-state index contributed by atoms with van der Waals surface area (Å²) >= 11 is 0. The Bertz CT molecular complexity index is 241. The van der Waals surface area contributed by atoms with Gasteiger partial charge in [-0.25, -0.2) is 0 Å². The summed E-state index contributed by atoms with van der Waals surface area (Å²) in [6.45, 7) is 2.53. The van der Waals surface area contributed by atoms with E-state index in [1.54, 1.807) is 24.3 Å². The van der Waals surface area contributed by atoms with Crippen molar-refractivity contribution >= 4 is 5.69 Å². The number of phenolic OH excluding ortho intramolecular Hbond substituents is 1. The third kappa shape index (κ3) is 14.7. The van der Waals surface area contributed by atoms with Crippen molar-refractivity contribution in [1.82, 2.24) is 0 Å². The lowest BCUT2D eigenvalue weighted by molar-refractivity contribution is 0.263. The Morgan fingerprint density at radius 3 is 1.78 bits per heavy atom. The molecule has 6 nitrogen and oxygen atoms in total. The second-order valence-corrected chi connectivity index (χ2v) is 3.45. The van der Waals surface area contributed by atoms with Crippen LogP contribution in [-0.2, 0) is 0 Å². The zero-order chi connectivity index (χ0) is 14.4. The Balaban J connectivity index is 0. The Morgan fingerprint density at radius 2 is 1.61 bits per heavy atom. The highest BCUT2D eigenvalue weighted by Gasteiger charge is 1.90. The van der Waals surface area contributed by atoms with E-state index < -0.39 is 0 Å². The van der Waals surface area contributed by atoms with Crippen LogP contribution in [-0.4, -0.2) is 41.1 Å². The molecule has 1 atom stereocenters. The quantitative estimate of drug-likeness (QED) is 0.323. The van der Waals surface area contributed by atoms with Gasteiger partial charge in [0, 0.05) is 18.3 Å². The van der Waals surface area contributed by atoms with Gasteiger partial charge in [0.25, 0.3) is 0 Å². The number of hydrogen-bond acceptors (Lipinski definition) is 6. The molecule has 1 aromatic rings. The van der Waals surface area contributed by atoms with E-state index in [1.807, 2.05) is 6.92 Å². The summed E-state index contributed by atoms with van der Waals surface area (Å²) in [5.41, 5.74) is 16.0. The molecular weight excluding hydrogens is 234 g/mol. The number of aliphatic hydroxyl groups excluding tert-OH is 2. The van der Waals surface area contributed by atoms with Crippen LogP contribution in [0.1, 0.15) is 13.3 Å². The van der Waals surface area contributed by atoms with E-state index in [0.717, 1.165) is 6.42 Å². The maximum atomic E-state index is 8.70. The monoisotopic (exact) mass is 259 g/mol. The number of phenols is 1. The molecule has 0 saturated heterocycles. The first-order chi connectivity index (χ1) is 8.51. The highest BCUT2D eigenvalue weighted by molar-refractivity contribution is 5.40. The van der Waals surface area contributed by atoms with Gasteiger partial charge in [-0.2, -0.15) is 0 Å². The van der Waals surface area contributed by atoms with Crippen LogP contribution in [0.2, 0.25) is 0 Å². The maximum absolute atomic E-state index is 8.70. The zero-order valence-electron chi connectivity index (χ0n) is 10.8. The van der Waals surface area contributed by atoms with Crippen molar-refractivity contribution in [1.29, 1.82) is 0 Å². The van der Waals surface area contributed by atoms with Crippen LogP contribution in [0.15, 0.2) is 24.3 Å². The SMILES string of the molecule is CCC(N)CO.NCCO.Nc1ccc(O)cc1. The fourth-order valence-electron chi connectivity index (χ4n) is 0.603. The largest absolute Gasteiger partial charge is 0.508 e. The molecule has 106 valence electrons. The standard InChI is InChI=1S/C6H7NO.C4H11NO.C2H7NO/c7-5-1-3-6(8)4-2-5;1-2-4(5)3-6;3-1-2-4/h1-4,8H,7H2;4,6H,2-3,5H2,1H3;4H,1-3H2. The molecule has 0 saturated carbocycles. The minimum Gasteiger partial charge on any atom is -0.508 e. The Labute approximate surface area is 108 Å². The van der Waals surface area contributed by atoms with Gasteiger partial charge in [0.1, 0.15) is 5.75 Å². The van der Waals surface area contributed by atoms with E-state index in [0.29, 0.717) is 12.2 Å². The van der Waals surface area contributed by atoms with Crippen molar-refractivity contribution in [3.05, 3.63) is 24.3 Å². The fourth-order valence-corrected chi connectivity index (χ4v) is 0.603. The van der Waals surface area contributed by atoms with Gasteiger partial charge in [0.2, 0.25) is 0 Å². The number of rotatable bonds is 3. The van der Waals surface area contributed by atoms with Crippen molar-refractivity contribution < 1.29 is 15.3 Å². The fraction of sp³-hybridized carbons (Fsp3) is 0.500. The summed E-state index contributed by atoms with van der Waals surface area (Å²) in [6, 6.07) is 6.39. The van der Waals surface area contributed by atoms with E-state index in [-0.39, 0.29) is 25.0 Å². The smallest absolute Gasteiger partial charge is 0.115 e. The summed E-state index contributed by atoms with van der Waals surface area (Å²) in [6.07, 6.45) is 0.858. The molecular formula is C12H25N3O3. The van der Waals surface area contributed by atoms with Gasteiger partial charge in [-0.15, -0.1) is 0 Å². The molecule has 0 radical (unpaired) electrons. The Hall–Kier alpha value is -1.34. The van der Waals surface area contributed by atoms with Crippen molar-refractivity contribution in [2.45, 2.75) is 19.4 Å². The third-order valence-corrected chi connectivity index (χ3v) is 1.78. The first kappa shape index (κ1) is 19.0. The minimum atomic E-state index is -0.00926. The van der Waals surface area contributed by atoms with E-state index in [2.05, 4.69) is 0 Å². The van der Waals surface area contributed by atoms with Crippen molar-refractivity contribution in [2.75, 3.05) is 25.5 Å². The molecule has 6 heteroatoms. The van der Waals surface area contributed by atoms with E-state index >= 15 is 0 Å². The van der Waals surface area contributed by atoms with Crippen LogP contribution in [0, 0.1) is 0 Å². The number of nitrogens with two attached hydrogens (primary N) is 3. The van der Waals surface area contributed by atoms with Crippen molar-refractivity contribution in [2.24, 2.45) is 11.5 Å². The number of anilines is 1. The average Bonchev–Trinajstić information content (AvgIpc) is 2.42. The van der Waals surface area contributed by atoms with Gasteiger partial charge < -0.3 is 32.5 Å². The number of benzene rings is 1. The normalized spacial score (nSPS) is 10.5. The van der Waals surface area contributed by atoms with Gasteiger partial charge in [0.05, 0.1) is 13.2 Å². The van der Waals surface area contributed by atoms with Crippen LogP contribution in [0.3, 0.4) is 0 Å². The van der Waals surface area contributed by atoms with E-state index in [1.165, 1.54) is 0 Å².